The lowest BCUT2D eigenvalue weighted by molar-refractivity contribution is 0.0919. The summed E-state index contributed by atoms with van der Waals surface area (Å²) in [5.74, 6) is 0.833. The molecule has 84 valence electrons. The summed E-state index contributed by atoms with van der Waals surface area (Å²) in [5, 5.41) is 3.05. The molecular weight excluding hydrogens is 192 g/mol. The predicted octanol–water partition coefficient (Wildman–Crippen LogP) is 1.21. The SMILES string of the molecule is CNCc1cc(OC(C)COC)ccn1. The number of pyridine rings is 1. The summed E-state index contributed by atoms with van der Waals surface area (Å²) >= 11 is 0. The van der Waals surface area contributed by atoms with Crippen LogP contribution in [-0.2, 0) is 11.3 Å². The Balaban J connectivity index is 2.56. The Bertz CT molecular complexity index is 292. The average molecular weight is 210 g/mol. The third kappa shape index (κ3) is 4.27. The Morgan fingerprint density at radius 2 is 2.33 bits per heavy atom. The topological polar surface area (TPSA) is 43.4 Å². The number of hydrogen-bond acceptors (Lipinski definition) is 4. The molecule has 1 heterocycles. The molecule has 4 nitrogen and oxygen atoms in total. The van der Waals surface area contributed by atoms with E-state index in [0.29, 0.717) is 6.61 Å². The molecule has 1 aromatic heterocycles. The van der Waals surface area contributed by atoms with Gasteiger partial charge in [0.2, 0.25) is 0 Å². The van der Waals surface area contributed by atoms with Gasteiger partial charge in [-0.2, -0.15) is 0 Å². The van der Waals surface area contributed by atoms with Crippen LogP contribution < -0.4 is 10.1 Å². The molecule has 0 spiro atoms. The van der Waals surface area contributed by atoms with Crippen molar-refractivity contribution < 1.29 is 9.47 Å². The smallest absolute Gasteiger partial charge is 0.123 e. The minimum atomic E-state index is 0.0554. The van der Waals surface area contributed by atoms with Crippen molar-refractivity contribution >= 4 is 0 Å². The molecule has 1 rings (SSSR count). The second-order valence-electron chi connectivity index (χ2n) is 3.40. The number of hydrogen-bond donors (Lipinski definition) is 1. The van der Waals surface area contributed by atoms with Crippen LogP contribution in [0.2, 0.25) is 0 Å². The Morgan fingerprint density at radius 3 is 3.00 bits per heavy atom. The van der Waals surface area contributed by atoms with Crippen LogP contribution in [0.4, 0.5) is 0 Å². The van der Waals surface area contributed by atoms with Crippen molar-refractivity contribution in [2.75, 3.05) is 20.8 Å². The van der Waals surface area contributed by atoms with Gasteiger partial charge < -0.3 is 14.8 Å². The summed E-state index contributed by atoms with van der Waals surface area (Å²) in [5.41, 5.74) is 0.972. The molecule has 4 heteroatoms. The van der Waals surface area contributed by atoms with E-state index in [1.165, 1.54) is 0 Å². The molecule has 0 saturated carbocycles. The fourth-order valence-corrected chi connectivity index (χ4v) is 1.31. The molecule has 0 saturated heterocycles. The Morgan fingerprint density at radius 1 is 1.53 bits per heavy atom. The highest BCUT2D eigenvalue weighted by atomic mass is 16.5. The molecular formula is C11H18N2O2. The zero-order chi connectivity index (χ0) is 11.1. The largest absolute Gasteiger partial charge is 0.488 e. The fourth-order valence-electron chi connectivity index (χ4n) is 1.31. The third-order valence-corrected chi connectivity index (χ3v) is 1.88. The maximum absolute atomic E-state index is 5.65. The Kier molecular flexibility index (Phi) is 5.07. The van der Waals surface area contributed by atoms with Gasteiger partial charge in [-0.1, -0.05) is 0 Å². The normalized spacial score (nSPS) is 12.5. The monoisotopic (exact) mass is 210 g/mol. The maximum atomic E-state index is 5.65. The van der Waals surface area contributed by atoms with Crippen LogP contribution >= 0.6 is 0 Å². The van der Waals surface area contributed by atoms with Crippen LogP contribution in [0, 0.1) is 0 Å². The molecule has 1 atom stereocenters. The molecule has 0 amide bonds. The molecule has 0 bridgehead atoms. The van der Waals surface area contributed by atoms with E-state index in [-0.39, 0.29) is 6.10 Å². The second kappa shape index (κ2) is 6.37. The van der Waals surface area contributed by atoms with E-state index in [2.05, 4.69) is 10.3 Å². The van der Waals surface area contributed by atoms with Gasteiger partial charge in [-0.05, 0) is 20.0 Å². The minimum absolute atomic E-state index is 0.0554. The Labute approximate surface area is 90.6 Å². The standard InChI is InChI=1S/C11H18N2O2/c1-9(8-14-3)15-11-4-5-13-10(6-11)7-12-2/h4-6,9,12H,7-8H2,1-3H3. The summed E-state index contributed by atoms with van der Waals surface area (Å²) in [7, 11) is 3.56. The number of methoxy groups -OCH3 is 1. The van der Waals surface area contributed by atoms with E-state index in [1.54, 1.807) is 13.3 Å². The zero-order valence-electron chi connectivity index (χ0n) is 9.49. The van der Waals surface area contributed by atoms with Crippen molar-refractivity contribution in [1.29, 1.82) is 0 Å². The van der Waals surface area contributed by atoms with Gasteiger partial charge in [0, 0.05) is 25.9 Å². The van der Waals surface area contributed by atoms with E-state index in [4.69, 9.17) is 9.47 Å². The fraction of sp³-hybridized carbons (Fsp3) is 0.545. The lowest BCUT2D eigenvalue weighted by Gasteiger charge is -2.13. The zero-order valence-corrected chi connectivity index (χ0v) is 9.49. The van der Waals surface area contributed by atoms with Crippen molar-refractivity contribution in [1.82, 2.24) is 10.3 Å². The molecule has 0 aliphatic carbocycles. The lowest BCUT2D eigenvalue weighted by atomic mass is 10.3. The first-order valence-electron chi connectivity index (χ1n) is 5.01. The van der Waals surface area contributed by atoms with Crippen LogP contribution in [0.5, 0.6) is 5.75 Å². The highest BCUT2D eigenvalue weighted by Gasteiger charge is 2.03. The molecule has 1 unspecified atom stereocenters. The average Bonchev–Trinajstić information content (AvgIpc) is 2.19. The molecule has 0 aromatic carbocycles. The van der Waals surface area contributed by atoms with Gasteiger partial charge in [-0.3, -0.25) is 4.98 Å². The highest BCUT2D eigenvalue weighted by molar-refractivity contribution is 5.22. The van der Waals surface area contributed by atoms with E-state index in [0.717, 1.165) is 18.0 Å². The van der Waals surface area contributed by atoms with Crippen molar-refractivity contribution in [2.45, 2.75) is 19.6 Å². The van der Waals surface area contributed by atoms with Gasteiger partial charge >= 0.3 is 0 Å². The highest BCUT2D eigenvalue weighted by Crippen LogP contribution is 2.12. The van der Waals surface area contributed by atoms with Crippen molar-refractivity contribution in [3.63, 3.8) is 0 Å². The molecule has 0 radical (unpaired) electrons. The lowest BCUT2D eigenvalue weighted by Crippen LogP contribution is -2.18. The van der Waals surface area contributed by atoms with Gasteiger partial charge in [0.25, 0.3) is 0 Å². The number of nitrogens with one attached hydrogen (secondary N) is 1. The van der Waals surface area contributed by atoms with Gasteiger partial charge in [0.1, 0.15) is 11.9 Å². The van der Waals surface area contributed by atoms with Crippen LogP contribution in [0.25, 0.3) is 0 Å². The van der Waals surface area contributed by atoms with E-state index < -0.39 is 0 Å². The summed E-state index contributed by atoms with van der Waals surface area (Å²) in [6, 6.07) is 3.79. The van der Waals surface area contributed by atoms with Crippen molar-refractivity contribution in [3.8, 4) is 5.75 Å². The number of ether oxygens (including phenoxy) is 2. The van der Waals surface area contributed by atoms with Gasteiger partial charge in [-0.15, -0.1) is 0 Å². The molecule has 0 fully saturated rings. The van der Waals surface area contributed by atoms with Crippen molar-refractivity contribution in [2.24, 2.45) is 0 Å². The first-order valence-corrected chi connectivity index (χ1v) is 5.01. The Hall–Kier alpha value is -1.13. The van der Waals surface area contributed by atoms with Crippen LogP contribution in [0.1, 0.15) is 12.6 Å². The molecule has 1 N–H and O–H groups in total. The third-order valence-electron chi connectivity index (χ3n) is 1.88. The van der Waals surface area contributed by atoms with E-state index in [9.17, 15) is 0 Å². The van der Waals surface area contributed by atoms with Crippen LogP contribution in [0.15, 0.2) is 18.3 Å². The van der Waals surface area contributed by atoms with E-state index in [1.807, 2.05) is 26.1 Å². The summed E-state index contributed by atoms with van der Waals surface area (Å²) in [6.45, 7) is 3.31. The number of rotatable bonds is 6. The first kappa shape index (κ1) is 11.9. The van der Waals surface area contributed by atoms with Gasteiger partial charge in [0.05, 0.1) is 12.3 Å². The molecule has 15 heavy (non-hydrogen) atoms. The predicted molar refractivity (Wildman–Crippen MR) is 59.0 cm³/mol. The van der Waals surface area contributed by atoms with E-state index >= 15 is 0 Å². The van der Waals surface area contributed by atoms with Crippen molar-refractivity contribution in [3.05, 3.63) is 24.0 Å². The number of nitrogens with zero attached hydrogens (tertiary/aromatic N) is 1. The number of aromatic nitrogens is 1. The van der Waals surface area contributed by atoms with Gasteiger partial charge in [-0.25, -0.2) is 0 Å². The summed E-state index contributed by atoms with van der Waals surface area (Å²) < 4.78 is 10.6. The molecule has 0 aliphatic heterocycles. The van der Waals surface area contributed by atoms with Crippen LogP contribution in [0.3, 0.4) is 0 Å². The molecule has 1 aromatic rings. The second-order valence-corrected chi connectivity index (χ2v) is 3.40. The molecule has 0 aliphatic rings. The first-order chi connectivity index (χ1) is 7.26. The summed E-state index contributed by atoms with van der Waals surface area (Å²) in [6.07, 6.45) is 1.81. The van der Waals surface area contributed by atoms with Crippen LogP contribution in [-0.4, -0.2) is 31.9 Å². The van der Waals surface area contributed by atoms with Gasteiger partial charge in [0.15, 0.2) is 0 Å². The minimum Gasteiger partial charge on any atom is -0.488 e. The summed E-state index contributed by atoms with van der Waals surface area (Å²) in [4.78, 5) is 4.21. The quantitative estimate of drug-likeness (QED) is 0.766. The maximum Gasteiger partial charge on any atom is 0.123 e.